The molecule has 1 aromatic heterocycles. The molecule has 80 valence electrons. The molecule has 1 aliphatic rings. The van der Waals surface area contributed by atoms with Crippen LogP contribution in [0.3, 0.4) is 0 Å². The Kier molecular flexibility index (Phi) is 2.28. The van der Waals surface area contributed by atoms with Crippen molar-refractivity contribution in [3.8, 4) is 6.07 Å². The Morgan fingerprint density at radius 1 is 1.67 bits per heavy atom. The highest BCUT2D eigenvalue weighted by Gasteiger charge is 2.43. The van der Waals surface area contributed by atoms with Crippen LogP contribution in [0.5, 0.6) is 0 Å². The summed E-state index contributed by atoms with van der Waals surface area (Å²) in [6.45, 7) is 4.45. The van der Waals surface area contributed by atoms with Crippen molar-refractivity contribution in [2.45, 2.75) is 38.8 Å². The Morgan fingerprint density at radius 3 is 2.73 bits per heavy atom. The van der Waals surface area contributed by atoms with E-state index >= 15 is 0 Å². The van der Waals surface area contributed by atoms with Gasteiger partial charge in [0.25, 0.3) is 0 Å². The van der Waals surface area contributed by atoms with E-state index in [4.69, 9.17) is 11.0 Å². The number of rotatable bonds is 3. The fourth-order valence-electron chi connectivity index (χ4n) is 1.94. The van der Waals surface area contributed by atoms with Crippen LogP contribution in [0.4, 0.5) is 0 Å². The van der Waals surface area contributed by atoms with E-state index in [0.29, 0.717) is 12.5 Å². The lowest BCUT2D eigenvalue weighted by Crippen LogP contribution is -2.45. The van der Waals surface area contributed by atoms with Crippen LogP contribution < -0.4 is 5.73 Å². The normalized spacial score (nSPS) is 19.6. The summed E-state index contributed by atoms with van der Waals surface area (Å²) in [4.78, 5) is 0. The zero-order valence-corrected chi connectivity index (χ0v) is 9.20. The van der Waals surface area contributed by atoms with Gasteiger partial charge in [-0.15, -0.1) is 0 Å². The van der Waals surface area contributed by atoms with Gasteiger partial charge in [0.15, 0.2) is 0 Å². The van der Waals surface area contributed by atoms with Crippen molar-refractivity contribution in [1.82, 2.24) is 9.78 Å². The molecule has 1 heterocycles. The topological polar surface area (TPSA) is 67.6 Å². The van der Waals surface area contributed by atoms with E-state index in [1.807, 2.05) is 24.6 Å². The van der Waals surface area contributed by atoms with Gasteiger partial charge in [-0.1, -0.05) is 0 Å². The molecule has 0 bridgehead atoms. The third-order valence-electron chi connectivity index (χ3n) is 3.03. The number of nitriles is 1. The highest BCUT2D eigenvalue weighted by molar-refractivity contribution is 5.15. The molecule has 0 amide bonds. The summed E-state index contributed by atoms with van der Waals surface area (Å²) < 4.78 is 1.84. The minimum Gasteiger partial charge on any atom is -0.312 e. The molecule has 1 aliphatic carbocycles. The number of aromatic nitrogens is 2. The van der Waals surface area contributed by atoms with Crippen molar-refractivity contribution in [1.29, 1.82) is 5.26 Å². The number of nitrogens with zero attached hydrogens (tertiary/aromatic N) is 3. The Labute approximate surface area is 89.7 Å². The molecule has 0 aromatic carbocycles. The third-order valence-corrected chi connectivity index (χ3v) is 3.03. The van der Waals surface area contributed by atoms with Crippen molar-refractivity contribution >= 4 is 0 Å². The van der Waals surface area contributed by atoms with E-state index in [2.05, 4.69) is 11.2 Å². The van der Waals surface area contributed by atoms with Gasteiger partial charge in [-0.2, -0.15) is 10.4 Å². The van der Waals surface area contributed by atoms with Gasteiger partial charge >= 0.3 is 0 Å². The lowest BCUT2D eigenvalue weighted by Gasteiger charge is -2.21. The van der Waals surface area contributed by atoms with Crippen molar-refractivity contribution in [2.75, 3.05) is 0 Å². The molecule has 4 heteroatoms. The first-order valence-electron chi connectivity index (χ1n) is 5.26. The maximum atomic E-state index is 9.14. The fourth-order valence-corrected chi connectivity index (χ4v) is 1.94. The first-order chi connectivity index (χ1) is 7.05. The molecule has 0 saturated heterocycles. The largest absolute Gasteiger partial charge is 0.312 e. The molecular formula is C11H16N4. The van der Waals surface area contributed by atoms with E-state index in [1.165, 1.54) is 0 Å². The summed E-state index contributed by atoms with van der Waals surface area (Å²) in [6, 6.07) is 4.25. The Hall–Kier alpha value is -1.34. The minimum atomic E-state index is -0.733. The molecule has 1 fully saturated rings. The molecule has 1 aromatic rings. The van der Waals surface area contributed by atoms with Crippen LogP contribution in [0.2, 0.25) is 0 Å². The van der Waals surface area contributed by atoms with Crippen molar-refractivity contribution in [3.05, 3.63) is 17.5 Å². The second kappa shape index (κ2) is 3.35. The zero-order chi connectivity index (χ0) is 11.1. The van der Waals surface area contributed by atoms with E-state index in [-0.39, 0.29) is 0 Å². The Morgan fingerprint density at radius 2 is 2.33 bits per heavy atom. The lowest BCUT2D eigenvalue weighted by atomic mass is 9.96. The summed E-state index contributed by atoms with van der Waals surface area (Å²) in [7, 11) is 0. The molecule has 0 aliphatic heterocycles. The van der Waals surface area contributed by atoms with Gasteiger partial charge in [0.1, 0.15) is 5.54 Å². The fraction of sp³-hybridized carbons (Fsp3) is 0.636. The number of hydrogen-bond donors (Lipinski definition) is 1. The standard InChI is InChI=1S/C11H16N4/c1-8-5-9(2)15(14-8)7-11(13,6-12)10-3-4-10/h5,10H,3-4,7,13H2,1-2H3. The van der Waals surface area contributed by atoms with Crippen LogP contribution in [-0.4, -0.2) is 15.3 Å². The zero-order valence-electron chi connectivity index (χ0n) is 9.20. The second-order valence-corrected chi connectivity index (χ2v) is 4.51. The van der Waals surface area contributed by atoms with E-state index in [1.54, 1.807) is 0 Å². The predicted molar refractivity (Wildman–Crippen MR) is 57.0 cm³/mol. The number of nitrogens with two attached hydrogens (primary N) is 1. The van der Waals surface area contributed by atoms with Crippen LogP contribution in [0.15, 0.2) is 6.07 Å². The molecular weight excluding hydrogens is 188 g/mol. The molecule has 1 unspecified atom stereocenters. The maximum absolute atomic E-state index is 9.14. The summed E-state index contributed by atoms with van der Waals surface area (Å²) >= 11 is 0. The van der Waals surface area contributed by atoms with Gasteiger partial charge in [0, 0.05) is 5.69 Å². The Balaban J connectivity index is 2.20. The van der Waals surface area contributed by atoms with Gasteiger partial charge < -0.3 is 5.73 Å². The van der Waals surface area contributed by atoms with Crippen LogP contribution >= 0.6 is 0 Å². The van der Waals surface area contributed by atoms with Crippen LogP contribution in [0, 0.1) is 31.1 Å². The summed E-state index contributed by atoms with van der Waals surface area (Å²) in [5, 5.41) is 13.5. The highest BCUT2D eigenvalue weighted by atomic mass is 15.3. The molecule has 0 radical (unpaired) electrons. The highest BCUT2D eigenvalue weighted by Crippen LogP contribution is 2.38. The van der Waals surface area contributed by atoms with Gasteiger partial charge in [0.2, 0.25) is 0 Å². The van der Waals surface area contributed by atoms with Gasteiger partial charge in [-0.05, 0) is 38.7 Å². The van der Waals surface area contributed by atoms with Crippen molar-refractivity contribution < 1.29 is 0 Å². The molecule has 4 nitrogen and oxygen atoms in total. The summed E-state index contributed by atoms with van der Waals surface area (Å²) in [5.41, 5.74) is 7.40. The van der Waals surface area contributed by atoms with Gasteiger partial charge in [0.05, 0.1) is 18.3 Å². The second-order valence-electron chi connectivity index (χ2n) is 4.51. The van der Waals surface area contributed by atoms with Crippen LogP contribution in [0.25, 0.3) is 0 Å². The van der Waals surface area contributed by atoms with E-state index in [0.717, 1.165) is 24.2 Å². The monoisotopic (exact) mass is 204 g/mol. The van der Waals surface area contributed by atoms with Crippen LogP contribution in [0.1, 0.15) is 24.2 Å². The number of aryl methyl sites for hydroxylation is 2. The average Bonchev–Trinajstić information content (AvgIpc) is 2.96. The van der Waals surface area contributed by atoms with Crippen molar-refractivity contribution in [2.24, 2.45) is 11.7 Å². The first kappa shape index (κ1) is 10.2. The molecule has 2 rings (SSSR count). The molecule has 2 N–H and O–H groups in total. The van der Waals surface area contributed by atoms with E-state index < -0.39 is 5.54 Å². The predicted octanol–water partition coefficient (Wildman–Crippen LogP) is 1.13. The maximum Gasteiger partial charge on any atom is 0.126 e. The van der Waals surface area contributed by atoms with Crippen LogP contribution in [-0.2, 0) is 6.54 Å². The quantitative estimate of drug-likeness (QED) is 0.802. The number of hydrogen-bond acceptors (Lipinski definition) is 3. The summed E-state index contributed by atoms with van der Waals surface area (Å²) in [6.07, 6.45) is 2.15. The SMILES string of the molecule is Cc1cc(C)n(CC(N)(C#N)C2CC2)n1. The average molecular weight is 204 g/mol. The minimum absolute atomic E-state index is 0.353. The molecule has 1 atom stereocenters. The molecule has 15 heavy (non-hydrogen) atoms. The first-order valence-corrected chi connectivity index (χ1v) is 5.26. The van der Waals surface area contributed by atoms with Gasteiger partial charge in [-0.25, -0.2) is 0 Å². The molecule has 1 saturated carbocycles. The third kappa shape index (κ3) is 1.88. The molecule has 0 spiro atoms. The smallest absolute Gasteiger partial charge is 0.126 e. The summed E-state index contributed by atoms with van der Waals surface area (Å²) in [5.74, 6) is 0.353. The van der Waals surface area contributed by atoms with Gasteiger partial charge in [-0.3, -0.25) is 4.68 Å². The van der Waals surface area contributed by atoms with Crippen molar-refractivity contribution in [3.63, 3.8) is 0 Å². The van der Waals surface area contributed by atoms with E-state index in [9.17, 15) is 0 Å². The lowest BCUT2D eigenvalue weighted by molar-refractivity contribution is 0.379. The Bertz CT molecular complexity index is 411.